The molecule has 1 aliphatic rings. The van der Waals surface area contributed by atoms with Gasteiger partial charge in [-0.05, 0) is 54.4 Å². The molecule has 1 aromatic carbocycles. The highest BCUT2D eigenvalue weighted by Gasteiger charge is 2.26. The van der Waals surface area contributed by atoms with Crippen molar-refractivity contribution in [2.45, 2.75) is 58.3 Å². The van der Waals surface area contributed by atoms with E-state index in [2.05, 4.69) is 43.5 Å². The Morgan fingerprint density at radius 2 is 1.93 bits per heavy atom. The fourth-order valence-corrected chi connectivity index (χ4v) is 5.35. The van der Waals surface area contributed by atoms with Gasteiger partial charge < -0.3 is 15.1 Å². The predicted molar refractivity (Wildman–Crippen MR) is 122 cm³/mol. The van der Waals surface area contributed by atoms with Gasteiger partial charge in [-0.3, -0.25) is 9.59 Å². The summed E-state index contributed by atoms with van der Waals surface area (Å²) in [6.07, 6.45) is 5.95. The van der Waals surface area contributed by atoms with Crippen LogP contribution in [0, 0.1) is 0 Å². The SMILES string of the molecule is CNC(=O)c1c(NC(=O)Cc2coc3ccc(C(C)(C)C)cc23)sc2c1CCCC2. The van der Waals surface area contributed by atoms with E-state index < -0.39 is 0 Å². The molecule has 2 amide bonds. The molecule has 2 N–H and O–H groups in total. The number of furan rings is 1. The lowest BCUT2D eigenvalue weighted by Gasteiger charge is -2.18. The molecule has 0 atom stereocenters. The average molecular weight is 425 g/mol. The average Bonchev–Trinajstić information content (AvgIpc) is 3.27. The molecule has 5 nitrogen and oxygen atoms in total. The highest BCUT2D eigenvalue weighted by atomic mass is 32.1. The van der Waals surface area contributed by atoms with Crippen molar-refractivity contribution in [3.63, 3.8) is 0 Å². The molecular weight excluding hydrogens is 396 g/mol. The summed E-state index contributed by atoms with van der Waals surface area (Å²) in [4.78, 5) is 26.6. The standard InChI is InChI=1S/C24H28N2O3S/c1-24(2,3)15-9-10-18-17(12-15)14(13-29-18)11-20(27)26-23-21(22(28)25-4)16-7-5-6-8-19(16)30-23/h9-10,12-13H,5-8,11H2,1-4H3,(H,25,28)(H,26,27). The van der Waals surface area contributed by atoms with Gasteiger partial charge >= 0.3 is 0 Å². The van der Waals surface area contributed by atoms with E-state index in [1.54, 1.807) is 13.3 Å². The number of anilines is 1. The van der Waals surface area contributed by atoms with Crippen molar-refractivity contribution in [3.05, 3.63) is 51.6 Å². The number of fused-ring (bicyclic) bond motifs is 2. The van der Waals surface area contributed by atoms with Crippen molar-refractivity contribution in [2.24, 2.45) is 0 Å². The number of nitrogens with one attached hydrogen (secondary N) is 2. The number of carbonyl (C=O) groups is 2. The van der Waals surface area contributed by atoms with E-state index in [0.29, 0.717) is 10.6 Å². The van der Waals surface area contributed by atoms with Gasteiger partial charge in [0.15, 0.2) is 0 Å². The van der Waals surface area contributed by atoms with Crippen LogP contribution in [0.5, 0.6) is 0 Å². The second kappa shape index (κ2) is 7.91. The maximum absolute atomic E-state index is 12.9. The summed E-state index contributed by atoms with van der Waals surface area (Å²) in [5, 5.41) is 7.36. The molecule has 0 aliphatic heterocycles. The van der Waals surface area contributed by atoms with Gasteiger partial charge in [0.1, 0.15) is 10.6 Å². The first-order valence-corrected chi connectivity index (χ1v) is 11.3. The summed E-state index contributed by atoms with van der Waals surface area (Å²) >= 11 is 1.54. The molecule has 0 radical (unpaired) electrons. The monoisotopic (exact) mass is 424 g/mol. The second-order valence-electron chi connectivity index (χ2n) is 8.94. The first kappa shape index (κ1) is 20.7. The number of benzene rings is 1. The van der Waals surface area contributed by atoms with Crippen molar-refractivity contribution in [1.29, 1.82) is 0 Å². The van der Waals surface area contributed by atoms with Gasteiger partial charge in [0.2, 0.25) is 5.91 Å². The molecule has 0 saturated heterocycles. The number of thiophene rings is 1. The zero-order chi connectivity index (χ0) is 21.5. The molecule has 1 aliphatic carbocycles. The molecule has 2 heterocycles. The Kier molecular flexibility index (Phi) is 5.45. The van der Waals surface area contributed by atoms with E-state index in [0.717, 1.165) is 47.8 Å². The molecular formula is C24H28N2O3S. The largest absolute Gasteiger partial charge is 0.464 e. The van der Waals surface area contributed by atoms with Crippen LogP contribution in [-0.2, 0) is 29.5 Å². The number of hydrogen-bond acceptors (Lipinski definition) is 4. The number of amides is 2. The van der Waals surface area contributed by atoms with Crippen molar-refractivity contribution < 1.29 is 14.0 Å². The van der Waals surface area contributed by atoms with Crippen molar-refractivity contribution in [2.75, 3.05) is 12.4 Å². The third kappa shape index (κ3) is 3.88. The third-order valence-electron chi connectivity index (χ3n) is 5.75. The zero-order valence-electron chi connectivity index (χ0n) is 18.0. The molecule has 2 aromatic heterocycles. The molecule has 0 fully saturated rings. The topological polar surface area (TPSA) is 71.3 Å². The molecule has 0 bridgehead atoms. The summed E-state index contributed by atoms with van der Waals surface area (Å²) in [5.41, 5.74) is 4.59. The van der Waals surface area contributed by atoms with Crippen LogP contribution in [0.3, 0.4) is 0 Å². The Balaban J connectivity index is 1.60. The fourth-order valence-electron chi connectivity index (χ4n) is 4.05. The maximum Gasteiger partial charge on any atom is 0.254 e. The van der Waals surface area contributed by atoms with Gasteiger partial charge in [0, 0.05) is 22.9 Å². The Morgan fingerprint density at radius 3 is 2.67 bits per heavy atom. The number of rotatable bonds is 4. The lowest BCUT2D eigenvalue weighted by molar-refractivity contribution is -0.115. The minimum absolute atomic E-state index is 0.0173. The first-order valence-electron chi connectivity index (χ1n) is 10.4. The minimum atomic E-state index is -0.136. The first-order chi connectivity index (χ1) is 14.3. The molecule has 0 unspecified atom stereocenters. The molecule has 158 valence electrons. The second-order valence-corrected chi connectivity index (χ2v) is 10.0. The van der Waals surface area contributed by atoms with Crippen LogP contribution in [0.4, 0.5) is 5.00 Å². The van der Waals surface area contributed by atoms with E-state index in [-0.39, 0.29) is 23.7 Å². The molecule has 30 heavy (non-hydrogen) atoms. The van der Waals surface area contributed by atoms with Gasteiger partial charge in [0.05, 0.1) is 18.2 Å². The van der Waals surface area contributed by atoms with Crippen LogP contribution >= 0.6 is 11.3 Å². The summed E-state index contributed by atoms with van der Waals surface area (Å²) in [5.74, 6) is -0.268. The summed E-state index contributed by atoms with van der Waals surface area (Å²) < 4.78 is 5.67. The molecule has 0 saturated carbocycles. The Bertz CT molecular complexity index is 1120. The van der Waals surface area contributed by atoms with Gasteiger partial charge in [0.25, 0.3) is 5.91 Å². The number of hydrogen-bond donors (Lipinski definition) is 2. The zero-order valence-corrected chi connectivity index (χ0v) is 18.8. The molecule has 3 aromatic rings. The highest BCUT2D eigenvalue weighted by Crippen LogP contribution is 2.38. The lowest BCUT2D eigenvalue weighted by Crippen LogP contribution is -2.22. The molecule has 0 spiro atoms. The maximum atomic E-state index is 12.9. The van der Waals surface area contributed by atoms with Crippen LogP contribution in [0.2, 0.25) is 0 Å². The number of aryl methyl sites for hydroxylation is 1. The van der Waals surface area contributed by atoms with Crippen LogP contribution in [0.1, 0.15) is 65.5 Å². The summed E-state index contributed by atoms with van der Waals surface area (Å²) in [6, 6.07) is 6.15. The molecule has 6 heteroatoms. The van der Waals surface area contributed by atoms with E-state index in [1.807, 2.05) is 6.07 Å². The Morgan fingerprint density at radius 1 is 1.17 bits per heavy atom. The lowest BCUT2D eigenvalue weighted by atomic mass is 9.86. The molecule has 4 rings (SSSR count). The van der Waals surface area contributed by atoms with E-state index in [1.165, 1.54) is 21.8 Å². The fraction of sp³-hybridized carbons (Fsp3) is 0.417. The summed E-state index contributed by atoms with van der Waals surface area (Å²) in [7, 11) is 1.63. The van der Waals surface area contributed by atoms with Gasteiger partial charge in [-0.1, -0.05) is 26.8 Å². The minimum Gasteiger partial charge on any atom is -0.464 e. The van der Waals surface area contributed by atoms with Crippen molar-refractivity contribution in [1.82, 2.24) is 5.32 Å². The van der Waals surface area contributed by atoms with Crippen molar-refractivity contribution >= 4 is 39.1 Å². The van der Waals surface area contributed by atoms with Crippen LogP contribution < -0.4 is 10.6 Å². The quantitative estimate of drug-likeness (QED) is 0.604. The van der Waals surface area contributed by atoms with Gasteiger partial charge in [-0.25, -0.2) is 0 Å². The van der Waals surface area contributed by atoms with Crippen LogP contribution in [0.15, 0.2) is 28.9 Å². The van der Waals surface area contributed by atoms with Crippen LogP contribution in [0.25, 0.3) is 11.0 Å². The smallest absolute Gasteiger partial charge is 0.254 e. The Hall–Kier alpha value is -2.60. The van der Waals surface area contributed by atoms with E-state index >= 15 is 0 Å². The van der Waals surface area contributed by atoms with E-state index in [9.17, 15) is 9.59 Å². The number of carbonyl (C=O) groups excluding carboxylic acids is 2. The van der Waals surface area contributed by atoms with Gasteiger partial charge in [-0.2, -0.15) is 0 Å². The highest BCUT2D eigenvalue weighted by molar-refractivity contribution is 7.17. The van der Waals surface area contributed by atoms with E-state index in [4.69, 9.17) is 4.42 Å². The van der Waals surface area contributed by atoms with Crippen LogP contribution in [-0.4, -0.2) is 18.9 Å². The third-order valence-corrected chi connectivity index (χ3v) is 6.96. The normalized spacial score (nSPS) is 13.9. The van der Waals surface area contributed by atoms with Gasteiger partial charge in [-0.15, -0.1) is 11.3 Å². The summed E-state index contributed by atoms with van der Waals surface area (Å²) in [6.45, 7) is 6.50. The predicted octanol–water partition coefficient (Wildman–Crippen LogP) is 5.21. The Labute approximate surface area is 180 Å². The van der Waals surface area contributed by atoms with Crippen molar-refractivity contribution in [3.8, 4) is 0 Å².